The number of aryl methyl sites for hydroxylation is 2. The second-order valence-electron chi connectivity index (χ2n) is 8.72. The maximum Gasteiger partial charge on any atom is 0.573 e. The molecular formula is C28H23F3N4OS. The molecule has 0 unspecified atom stereocenters. The van der Waals surface area contributed by atoms with Gasteiger partial charge < -0.3 is 15.4 Å². The van der Waals surface area contributed by atoms with Gasteiger partial charge in [-0.2, -0.15) is 0 Å². The summed E-state index contributed by atoms with van der Waals surface area (Å²) >= 11 is 5.50. The molecule has 5 rings (SSSR count). The molecular weight excluding hydrogens is 497 g/mol. The van der Waals surface area contributed by atoms with Crippen LogP contribution in [0.4, 0.5) is 18.9 Å². The second-order valence-corrected chi connectivity index (χ2v) is 9.13. The first-order valence-electron chi connectivity index (χ1n) is 11.5. The molecule has 0 aliphatic rings. The van der Waals surface area contributed by atoms with Crippen LogP contribution >= 0.6 is 12.2 Å². The quantitative estimate of drug-likeness (QED) is 0.241. The Morgan fingerprint density at radius 2 is 1.70 bits per heavy atom. The molecule has 0 fully saturated rings. The van der Waals surface area contributed by atoms with Gasteiger partial charge in [0.05, 0.1) is 11.0 Å². The molecule has 0 aliphatic carbocycles. The van der Waals surface area contributed by atoms with Gasteiger partial charge in [-0.05, 0) is 84.5 Å². The van der Waals surface area contributed by atoms with Crippen LogP contribution in [-0.4, -0.2) is 21.0 Å². The van der Waals surface area contributed by atoms with E-state index < -0.39 is 6.36 Å². The Morgan fingerprint density at radius 3 is 2.41 bits per heavy atom. The number of halogens is 3. The van der Waals surface area contributed by atoms with Crippen molar-refractivity contribution >= 4 is 44.8 Å². The molecule has 9 heteroatoms. The van der Waals surface area contributed by atoms with Crippen LogP contribution in [0.15, 0.2) is 79.1 Å². The minimum Gasteiger partial charge on any atom is -0.406 e. The van der Waals surface area contributed by atoms with Gasteiger partial charge >= 0.3 is 6.36 Å². The average molecular weight is 521 g/mol. The minimum absolute atomic E-state index is 0.268. The molecule has 5 nitrogen and oxygen atoms in total. The maximum absolute atomic E-state index is 12.5. The molecule has 0 saturated carbocycles. The standard InChI is InChI=1S/C28H23F3N4OS/c1-17-4-3-5-18(2)25(17)34-27(37)32-15-19-6-12-23-20(14-19)7-13-24-26(23)33-16-35(24)21-8-10-22(11-9-21)36-28(29,30)31/h3-14,16H,15H2,1-2H3,(H2,32,34,37). The molecule has 1 heterocycles. The highest BCUT2D eigenvalue weighted by Gasteiger charge is 2.31. The van der Waals surface area contributed by atoms with Crippen LogP contribution in [0.5, 0.6) is 5.75 Å². The minimum atomic E-state index is -4.72. The number of para-hydroxylation sites is 1. The van der Waals surface area contributed by atoms with Crippen LogP contribution in [0, 0.1) is 13.8 Å². The third kappa shape index (κ3) is 5.36. The number of nitrogens with zero attached hydrogens (tertiary/aromatic N) is 2. The molecule has 4 aromatic carbocycles. The molecule has 37 heavy (non-hydrogen) atoms. The number of rotatable bonds is 5. The number of hydrogen-bond donors (Lipinski definition) is 2. The van der Waals surface area contributed by atoms with Crippen molar-refractivity contribution in [3.63, 3.8) is 0 Å². The highest BCUT2D eigenvalue weighted by molar-refractivity contribution is 7.80. The number of imidazole rings is 1. The monoisotopic (exact) mass is 520 g/mol. The van der Waals surface area contributed by atoms with Crippen molar-refractivity contribution in [2.45, 2.75) is 26.8 Å². The largest absolute Gasteiger partial charge is 0.573 e. The molecule has 0 atom stereocenters. The van der Waals surface area contributed by atoms with E-state index in [1.807, 2.05) is 60.9 Å². The Hall–Kier alpha value is -4.11. The van der Waals surface area contributed by atoms with Crippen LogP contribution in [0.3, 0.4) is 0 Å². The van der Waals surface area contributed by atoms with Gasteiger partial charge in [-0.3, -0.25) is 4.57 Å². The number of anilines is 1. The molecule has 0 amide bonds. The summed E-state index contributed by atoms with van der Waals surface area (Å²) in [4.78, 5) is 4.58. The number of nitrogens with one attached hydrogen (secondary N) is 2. The lowest BCUT2D eigenvalue weighted by molar-refractivity contribution is -0.274. The molecule has 2 N–H and O–H groups in total. The first-order valence-corrected chi connectivity index (χ1v) is 11.9. The number of hydrogen-bond acceptors (Lipinski definition) is 3. The highest BCUT2D eigenvalue weighted by Crippen LogP contribution is 2.29. The molecule has 0 bridgehead atoms. The van der Waals surface area contributed by atoms with Crippen LogP contribution in [-0.2, 0) is 6.54 Å². The summed E-state index contributed by atoms with van der Waals surface area (Å²) in [5.41, 5.74) is 6.67. The lowest BCUT2D eigenvalue weighted by Gasteiger charge is -2.15. The average Bonchev–Trinajstić information content (AvgIpc) is 3.29. The van der Waals surface area contributed by atoms with E-state index in [0.29, 0.717) is 17.3 Å². The summed E-state index contributed by atoms with van der Waals surface area (Å²) in [6, 6.07) is 21.9. The van der Waals surface area contributed by atoms with Gasteiger partial charge in [-0.15, -0.1) is 13.2 Å². The zero-order valence-electron chi connectivity index (χ0n) is 20.1. The van der Waals surface area contributed by atoms with Gasteiger partial charge in [-0.1, -0.05) is 36.4 Å². The summed E-state index contributed by atoms with van der Waals surface area (Å²) in [7, 11) is 0. The Labute approximate surface area is 216 Å². The first kappa shape index (κ1) is 24.6. The van der Waals surface area contributed by atoms with Gasteiger partial charge in [0.2, 0.25) is 0 Å². The fraction of sp³-hybridized carbons (Fsp3) is 0.143. The fourth-order valence-corrected chi connectivity index (χ4v) is 4.51. The second kappa shape index (κ2) is 9.74. The topological polar surface area (TPSA) is 51.1 Å². The summed E-state index contributed by atoms with van der Waals surface area (Å²) in [5, 5.41) is 9.12. The third-order valence-electron chi connectivity index (χ3n) is 6.12. The summed E-state index contributed by atoms with van der Waals surface area (Å²) in [6.45, 7) is 4.65. The lowest BCUT2D eigenvalue weighted by Crippen LogP contribution is -2.28. The summed E-state index contributed by atoms with van der Waals surface area (Å²) in [6.07, 6.45) is -3.06. The number of benzene rings is 4. The Balaban J connectivity index is 1.33. The van der Waals surface area contributed by atoms with E-state index in [2.05, 4.69) is 26.4 Å². The smallest absolute Gasteiger partial charge is 0.406 e. The van der Waals surface area contributed by atoms with Crippen LogP contribution in [0.2, 0.25) is 0 Å². The third-order valence-corrected chi connectivity index (χ3v) is 6.36. The molecule has 188 valence electrons. The molecule has 5 aromatic rings. The van der Waals surface area contributed by atoms with E-state index in [-0.39, 0.29) is 5.75 Å². The number of aromatic nitrogens is 2. The van der Waals surface area contributed by atoms with Gasteiger partial charge in [0.25, 0.3) is 0 Å². The zero-order chi connectivity index (χ0) is 26.2. The number of alkyl halides is 3. The SMILES string of the molecule is Cc1cccc(C)c1NC(=S)NCc1ccc2c(ccc3c2ncn3-c2ccc(OC(F)(F)F)cc2)c1. The normalized spacial score (nSPS) is 11.6. The van der Waals surface area contributed by atoms with Crippen LogP contribution < -0.4 is 15.4 Å². The van der Waals surface area contributed by atoms with Gasteiger partial charge in [0.1, 0.15) is 12.1 Å². The van der Waals surface area contributed by atoms with E-state index in [1.165, 1.54) is 12.1 Å². The Kier molecular flexibility index (Phi) is 6.47. The van der Waals surface area contributed by atoms with Crippen molar-refractivity contribution in [3.8, 4) is 11.4 Å². The molecule has 1 aromatic heterocycles. The molecule has 0 saturated heterocycles. The zero-order valence-corrected chi connectivity index (χ0v) is 20.9. The van der Waals surface area contributed by atoms with Gasteiger partial charge in [-0.25, -0.2) is 4.98 Å². The van der Waals surface area contributed by atoms with Crippen molar-refractivity contribution in [3.05, 3.63) is 95.8 Å². The van der Waals surface area contributed by atoms with Crippen LogP contribution in [0.25, 0.3) is 27.5 Å². The number of thiocarbonyl (C=S) groups is 1. The van der Waals surface area contributed by atoms with Crippen molar-refractivity contribution in [1.82, 2.24) is 14.9 Å². The predicted octanol–water partition coefficient (Wildman–Crippen LogP) is 7.18. The number of fused-ring (bicyclic) bond motifs is 3. The Morgan fingerprint density at radius 1 is 0.973 bits per heavy atom. The summed E-state index contributed by atoms with van der Waals surface area (Å²) in [5.74, 6) is -0.268. The van der Waals surface area contributed by atoms with Crippen molar-refractivity contribution < 1.29 is 17.9 Å². The predicted molar refractivity (Wildman–Crippen MR) is 144 cm³/mol. The van der Waals surface area contributed by atoms with Crippen molar-refractivity contribution in [1.29, 1.82) is 0 Å². The highest BCUT2D eigenvalue weighted by atomic mass is 32.1. The molecule has 0 spiro atoms. The van der Waals surface area contributed by atoms with Crippen molar-refractivity contribution in [2.24, 2.45) is 0 Å². The van der Waals surface area contributed by atoms with E-state index in [4.69, 9.17) is 12.2 Å². The number of ether oxygens (including phenoxy) is 1. The van der Waals surface area contributed by atoms with Crippen molar-refractivity contribution in [2.75, 3.05) is 5.32 Å². The Bertz CT molecular complexity index is 1590. The molecule has 0 radical (unpaired) electrons. The van der Waals surface area contributed by atoms with E-state index in [9.17, 15) is 13.2 Å². The van der Waals surface area contributed by atoms with Gasteiger partial charge in [0.15, 0.2) is 5.11 Å². The van der Waals surface area contributed by atoms with E-state index in [1.54, 1.807) is 18.5 Å². The van der Waals surface area contributed by atoms with Gasteiger partial charge in [0, 0.05) is 23.3 Å². The summed E-state index contributed by atoms with van der Waals surface area (Å²) < 4.78 is 43.2. The molecule has 0 aliphatic heterocycles. The lowest BCUT2D eigenvalue weighted by atomic mass is 10.1. The maximum atomic E-state index is 12.5. The first-order chi connectivity index (χ1) is 17.7. The fourth-order valence-electron chi connectivity index (χ4n) is 4.33. The van der Waals surface area contributed by atoms with Crippen LogP contribution in [0.1, 0.15) is 16.7 Å². The van der Waals surface area contributed by atoms with E-state index >= 15 is 0 Å². The van der Waals surface area contributed by atoms with E-state index in [0.717, 1.165) is 44.2 Å².